The zero-order valence-electron chi connectivity index (χ0n) is 11.8. The Kier molecular flexibility index (Phi) is 8.16. The topological polar surface area (TPSA) is 77.0 Å². The van der Waals surface area contributed by atoms with Crippen LogP contribution in [0.25, 0.3) is 0 Å². The van der Waals surface area contributed by atoms with Gasteiger partial charge >= 0.3 is 0 Å². The van der Waals surface area contributed by atoms with Gasteiger partial charge < -0.3 is 20.7 Å². The maximum absolute atomic E-state index is 11.0. The zero-order valence-corrected chi connectivity index (χ0v) is 11.8. The molecule has 0 aliphatic carbocycles. The lowest BCUT2D eigenvalue weighted by atomic mass is 9.95. The molecule has 0 saturated carbocycles. The molecule has 1 atom stereocenters. The minimum absolute atomic E-state index is 0.340. The van der Waals surface area contributed by atoms with Crippen molar-refractivity contribution in [3.05, 3.63) is 0 Å². The van der Waals surface area contributed by atoms with Crippen LogP contribution >= 0.6 is 0 Å². The Morgan fingerprint density at radius 1 is 1.53 bits per heavy atom. The van der Waals surface area contributed by atoms with Crippen molar-refractivity contribution in [3.8, 4) is 0 Å². The number of rotatable bonds is 8. The number of carbonyl (C=O) groups excluding carboxylic acids is 1. The molecule has 1 rings (SSSR count). The molecule has 0 spiro atoms. The predicted octanol–water partition coefficient (Wildman–Crippen LogP) is 0.274. The molecule has 6 heteroatoms. The molecule has 0 aromatic heterocycles. The molecule has 0 bridgehead atoms. The monoisotopic (exact) mass is 270 g/mol. The minimum Gasteiger partial charge on any atom is -0.411 e. The highest BCUT2D eigenvalue weighted by Crippen LogP contribution is 2.18. The van der Waals surface area contributed by atoms with E-state index in [1.165, 1.54) is 32.4 Å². The lowest BCUT2D eigenvalue weighted by Crippen LogP contribution is -2.38. The summed E-state index contributed by atoms with van der Waals surface area (Å²) in [5.74, 6) is 0.463. The molecule has 1 heterocycles. The van der Waals surface area contributed by atoms with E-state index >= 15 is 0 Å². The van der Waals surface area contributed by atoms with Crippen LogP contribution in [0.2, 0.25) is 0 Å². The standard InChI is InChI=1S/C13H26N4O2/c1-14-7-5-12-4-2-8-17(11-12)9-3-6-15-13(18)10-16-19/h10,12,14,19H,2-9,11H2,1H3,(H,15,18)/b16-10+/t12-/m0/s1. The van der Waals surface area contributed by atoms with Crippen LogP contribution in [0.4, 0.5) is 0 Å². The van der Waals surface area contributed by atoms with Gasteiger partial charge in [-0.05, 0) is 58.3 Å². The SMILES string of the molecule is CNCC[C@@H]1CCCN(CCCNC(=O)/C=N/O)C1. The van der Waals surface area contributed by atoms with Crippen LogP contribution in [0, 0.1) is 5.92 Å². The first-order valence-corrected chi connectivity index (χ1v) is 7.08. The number of hydrogen-bond donors (Lipinski definition) is 3. The first-order chi connectivity index (χ1) is 9.26. The highest BCUT2D eigenvalue weighted by Gasteiger charge is 2.18. The summed E-state index contributed by atoms with van der Waals surface area (Å²) < 4.78 is 0. The van der Waals surface area contributed by atoms with Gasteiger partial charge in [0.1, 0.15) is 6.21 Å². The summed E-state index contributed by atoms with van der Waals surface area (Å²) >= 11 is 0. The fraction of sp³-hybridized carbons (Fsp3) is 0.846. The van der Waals surface area contributed by atoms with Gasteiger partial charge in [0, 0.05) is 13.1 Å². The Morgan fingerprint density at radius 2 is 2.37 bits per heavy atom. The minimum atomic E-state index is -0.340. The van der Waals surface area contributed by atoms with Gasteiger partial charge in [0.15, 0.2) is 0 Å². The number of carbonyl (C=O) groups is 1. The fourth-order valence-corrected chi connectivity index (χ4v) is 2.55. The van der Waals surface area contributed by atoms with Gasteiger partial charge in [-0.2, -0.15) is 0 Å². The van der Waals surface area contributed by atoms with Crippen molar-refractivity contribution < 1.29 is 10.0 Å². The summed E-state index contributed by atoms with van der Waals surface area (Å²) in [4.78, 5) is 13.5. The Hall–Kier alpha value is -1.14. The van der Waals surface area contributed by atoms with Crippen molar-refractivity contribution in [2.24, 2.45) is 11.1 Å². The van der Waals surface area contributed by atoms with E-state index in [1.807, 2.05) is 7.05 Å². The molecule has 1 aliphatic rings. The summed E-state index contributed by atoms with van der Waals surface area (Å²) in [6.45, 7) is 5.08. The molecule has 1 fully saturated rings. The Bertz CT molecular complexity index is 284. The fourth-order valence-electron chi connectivity index (χ4n) is 2.55. The number of nitrogens with zero attached hydrogens (tertiary/aromatic N) is 2. The van der Waals surface area contributed by atoms with Crippen molar-refractivity contribution in [3.63, 3.8) is 0 Å². The van der Waals surface area contributed by atoms with E-state index in [4.69, 9.17) is 5.21 Å². The highest BCUT2D eigenvalue weighted by atomic mass is 16.4. The van der Waals surface area contributed by atoms with Gasteiger partial charge in [-0.25, -0.2) is 0 Å². The maximum Gasteiger partial charge on any atom is 0.265 e. The molecule has 0 unspecified atom stereocenters. The molecular formula is C13H26N4O2. The molecule has 0 aromatic carbocycles. The maximum atomic E-state index is 11.0. The number of amides is 1. The number of piperidine rings is 1. The molecule has 19 heavy (non-hydrogen) atoms. The highest BCUT2D eigenvalue weighted by molar-refractivity contribution is 6.25. The second-order valence-corrected chi connectivity index (χ2v) is 5.09. The molecular weight excluding hydrogens is 244 g/mol. The van der Waals surface area contributed by atoms with Gasteiger partial charge in [0.25, 0.3) is 5.91 Å². The van der Waals surface area contributed by atoms with Crippen molar-refractivity contribution in [2.45, 2.75) is 25.7 Å². The molecule has 110 valence electrons. The van der Waals surface area contributed by atoms with Crippen LogP contribution in [0.3, 0.4) is 0 Å². The Morgan fingerprint density at radius 3 is 3.11 bits per heavy atom. The average Bonchev–Trinajstić information content (AvgIpc) is 2.42. The zero-order chi connectivity index (χ0) is 13.9. The molecule has 0 radical (unpaired) electrons. The van der Waals surface area contributed by atoms with Crippen molar-refractivity contribution >= 4 is 12.1 Å². The van der Waals surface area contributed by atoms with Crippen molar-refractivity contribution in [2.75, 3.05) is 39.8 Å². The van der Waals surface area contributed by atoms with Gasteiger partial charge in [-0.3, -0.25) is 4.79 Å². The summed E-state index contributed by atoms with van der Waals surface area (Å²) in [6, 6.07) is 0. The first kappa shape index (κ1) is 15.9. The number of nitrogens with one attached hydrogen (secondary N) is 2. The molecule has 3 N–H and O–H groups in total. The molecule has 1 aliphatic heterocycles. The van der Waals surface area contributed by atoms with Crippen LogP contribution < -0.4 is 10.6 Å². The summed E-state index contributed by atoms with van der Waals surface area (Å²) in [6.07, 6.45) is 5.68. The second kappa shape index (κ2) is 9.75. The third-order valence-electron chi connectivity index (χ3n) is 3.53. The predicted molar refractivity (Wildman–Crippen MR) is 75.6 cm³/mol. The largest absolute Gasteiger partial charge is 0.411 e. The van der Waals surface area contributed by atoms with Crippen LogP contribution in [0.1, 0.15) is 25.7 Å². The van der Waals surface area contributed by atoms with Crippen molar-refractivity contribution in [1.82, 2.24) is 15.5 Å². The van der Waals surface area contributed by atoms with Crippen LogP contribution in [-0.2, 0) is 4.79 Å². The number of oxime groups is 1. The number of likely N-dealkylation sites (tertiary alicyclic amines) is 1. The van der Waals surface area contributed by atoms with Crippen molar-refractivity contribution in [1.29, 1.82) is 0 Å². The van der Waals surface area contributed by atoms with Gasteiger partial charge in [-0.1, -0.05) is 5.16 Å². The van der Waals surface area contributed by atoms with Crippen LogP contribution in [0.5, 0.6) is 0 Å². The Labute approximate surface area is 115 Å². The smallest absolute Gasteiger partial charge is 0.265 e. The van der Waals surface area contributed by atoms with E-state index in [2.05, 4.69) is 20.7 Å². The van der Waals surface area contributed by atoms with Crippen LogP contribution in [-0.4, -0.2) is 62.0 Å². The van der Waals surface area contributed by atoms with E-state index in [1.54, 1.807) is 0 Å². The van der Waals surface area contributed by atoms with Gasteiger partial charge in [0.2, 0.25) is 0 Å². The first-order valence-electron chi connectivity index (χ1n) is 7.08. The molecule has 1 saturated heterocycles. The summed E-state index contributed by atoms with van der Waals surface area (Å²) in [5.41, 5.74) is 0. The van der Waals surface area contributed by atoms with E-state index in [-0.39, 0.29) is 5.91 Å². The van der Waals surface area contributed by atoms with E-state index < -0.39 is 0 Å². The van der Waals surface area contributed by atoms with E-state index in [0.717, 1.165) is 31.6 Å². The molecule has 6 nitrogen and oxygen atoms in total. The second-order valence-electron chi connectivity index (χ2n) is 5.09. The molecule has 1 amide bonds. The summed E-state index contributed by atoms with van der Waals surface area (Å²) in [7, 11) is 2.00. The third kappa shape index (κ3) is 7.12. The third-order valence-corrected chi connectivity index (χ3v) is 3.53. The number of hydrogen-bond acceptors (Lipinski definition) is 5. The lowest BCUT2D eigenvalue weighted by molar-refractivity contribution is -0.114. The normalized spacial score (nSPS) is 20.8. The van der Waals surface area contributed by atoms with E-state index in [9.17, 15) is 4.79 Å². The lowest BCUT2D eigenvalue weighted by Gasteiger charge is -2.32. The van der Waals surface area contributed by atoms with Gasteiger partial charge in [0.05, 0.1) is 0 Å². The average molecular weight is 270 g/mol. The van der Waals surface area contributed by atoms with E-state index in [0.29, 0.717) is 6.54 Å². The Balaban J connectivity index is 2.10. The quantitative estimate of drug-likeness (QED) is 0.256. The molecule has 0 aromatic rings. The van der Waals surface area contributed by atoms with Gasteiger partial charge in [-0.15, -0.1) is 0 Å². The van der Waals surface area contributed by atoms with Crippen LogP contribution in [0.15, 0.2) is 5.16 Å². The summed E-state index contributed by atoms with van der Waals surface area (Å²) in [5, 5.41) is 16.8.